The second-order valence-electron chi connectivity index (χ2n) is 7.10. The molecule has 1 amide bonds. The van der Waals surface area contributed by atoms with E-state index in [-0.39, 0.29) is 11.9 Å². The van der Waals surface area contributed by atoms with Crippen LogP contribution in [0.25, 0.3) is 11.0 Å². The van der Waals surface area contributed by atoms with E-state index >= 15 is 0 Å². The van der Waals surface area contributed by atoms with E-state index in [1.807, 2.05) is 48.5 Å². The van der Waals surface area contributed by atoms with Gasteiger partial charge in [0.1, 0.15) is 0 Å². The predicted molar refractivity (Wildman–Crippen MR) is 109 cm³/mol. The average Bonchev–Trinajstić information content (AvgIpc) is 3.12. The molecule has 0 spiro atoms. The first kappa shape index (κ1) is 17.5. The highest BCUT2D eigenvalue weighted by atomic mass is 16.2. The molecule has 140 valence electrons. The molecule has 2 heterocycles. The van der Waals surface area contributed by atoms with E-state index in [0.717, 1.165) is 48.2 Å². The molecule has 2 aromatic carbocycles. The molecule has 1 saturated heterocycles. The molecule has 4 N–H and O–H groups in total. The largest absolute Gasteiger partial charge is 0.326 e. The number of para-hydroxylation sites is 2. The van der Waals surface area contributed by atoms with Gasteiger partial charge in [-0.05, 0) is 61.7 Å². The number of fused-ring (bicyclic) bond motifs is 1. The summed E-state index contributed by atoms with van der Waals surface area (Å²) in [4.78, 5) is 20.3. The van der Waals surface area contributed by atoms with Crippen LogP contribution in [0.1, 0.15) is 26.2 Å². The van der Waals surface area contributed by atoms with Crippen LogP contribution in [0.4, 0.5) is 17.3 Å². The maximum atomic E-state index is 12.5. The minimum atomic E-state index is -0.1000. The van der Waals surface area contributed by atoms with Crippen molar-refractivity contribution in [3.63, 3.8) is 0 Å². The number of piperidine rings is 1. The van der Waals surface area contributed by atoms with Gasteiger partial charge in [-0.2, -0.15) is 0 Å². The molecule has 1 fully saturated rings. The average molecular weight is 363 g/mol. The highest BCUT2D eigenvalue weighted by Crippen LogP contribution is 2.22. The Bertz CT molecular complexity index is 885. The fourth-order valence-corrected chi connectivity index (χ4v) is 3.58. The maximum Gasteiger partial charge on any atom is 0.241 e. The molecule has 0 radical (unpaired) electrons. The van der Waals surface area contributed by atoms with Crippen LogP contribution in [-0.2, 0) is 4.79 Å². The van der Waals surface area contributed by atoms with Crippen LogP contribution in [0.3, 0.4) is 0 Å². The van der Waals surface area contributed by atoms with Crippen LogP contribution < -0.4 is 16.0 Å². The van der Waals surface area contributed by atoms with Crippen molar-refractivity contribution < 1.29 is 4.79 Å². The van der Waals surface area contributed by atoms with Gasteiger partial charge in [-0.3, -0.25) is 4.79 Å². The van der Waals surface area contributed by atoms with Gasteiger partial charge in [0, 0.05) is 11.4 Å². The zero-order valence-electron chi connectivity index (χ0n) is 15.5. The molecular formula is C21H25N5O. The Morgan fingerprint density at radius 3 is 2.70 bits per heavy atom. The molecule has 0 bridgehead atoms. The highest BCUT2D eigenvalue weighted by molar-refractivity contribution is 5.95. The molecule has 1 aliphatic rings. The van der Waals surface area contributed by atoms with Gasteiger partial charge in [0.2, 0.25) is 11.9 Å². The number of rotatable bonds is 5. The van der Waals surface area contributed by atoms with E-state index in [1.165, 1.54) is 0 Å². The van der Waals surface area contributed by atoms with E-state index in [9.17, 15) is 4.79 Å². The van der Waals surface area contributed by atoms with Gasteiger partial charge in [-0.15, -0.1) is 0 Å². The Balaban J connectivity index is 1.37. The van der Waals surface area contributed by atoms with Gasteiger partial charge >= 0.3 is 0 Å². The number of nitrogens with zero attached hydrogens (tertiary/aromatic N) is 1. The first-order valence-corrected chi connectivity index (χ1v) is 9.57. The molecule has 2 atom stereocenters. The lowest BCUT2D eigenvalue weighted by molar-refractivity contribution is -0.119. The second kappa shape index (κ2) is 7.80. The van der Waals surface area contributed by atoms with Gasteiger partial charge in [0.15, 0.2) is 0 Å². The van der Waals surface area contributed by atoms with E-state index in [4.69, 9.17) is 0 Å². The Labute approximate surface area is 158 Å². The molecule has 27 heavy (non-hydrogen) atoms. The minimum absolute atomic E-state index is 0.0474. The lowest BCUT2D eigenvalue weighted by Crippen LogP contribution is -2.46. The van der Waals surface area contributed by atoms with Gasteiger partial charge in [-0.25, -0.2) is 4.98 Å². The first-order chi connectivity index (χ1) is 13.2. The van der Waals surface area contributed by atoms with Crippen LogP contribution in [0.2, 0.25) is 0 Å². The topological polar surface area (TPSA) is 81.8 Å². The summed E-state index contributed by atoms with van der Waals surface area (Å²) in [6, 6.07) is 15.5. The normalized spacial score (nSPS) is 19.7. The van der Waals surface area contributed by atoms with Crippen LogP contribution in [-0.4, -0.2) is 28.5 Å². The van der Waals surface area contributed by atoms with Gasteiger partial charge in [-0.1, -0.05) is 25.5 Å². The molecule has 0 aliphatic carbocycles. The van der Waals surface area contributed by atoms with Crippen LogP contribution in [0.15, 0.2) is 48.5 Å². The van der Waals surface area contributed by atoms with Crippen molar-refractivity contribution in [2.24, 2.45) is 5.92 Å². The van der Waals surface area contributed by atoms with Crippen molar-refractivity contribution in [2.45, 2.75) is 32.2 Å². The van der Waals surface area contributed by atoms with E-state index in [2.05, 4.69) is 32.8 Å². The third-order valence-corrected chi connectivity index (χ3v) is 5.21. The summed E-state index contributed by atoms with van der Waals surface area (Å²) >= 11 is 0. The van der Waals surface area contributed by atoms with E-state index < -0.39 is 0 Å². The maximum absolute atomic E-state index is 12.5. The van der Waals surface area contributed by atoms with Crippen molar-refractivity contribution in [2.75, 3.05) is 17.2 Å². The van der Waals surface area contributed by atoms with Crippen molar-refractivity contribution >= 4 is 34.3 Å². The van der Waals surface area contributed by atoms with Gasteiger partial charge in [0.05, 0.1) is 17.1 Å². The molecule has 3 aromatic rings. The molecule has 6 nitrogen and oxygen atoms in total. The number of aromatic nitrogens is 2. The van der Waals surface area contributed by atoms with Gasteiger partial charge in [0.25, 0.3) is 0 Å². The molecule has 0 unspecified atom stereocenters. The number of anilines is 3. The fourth-order valence-electron chi connectivity index (χ4n) is 3.58. The minimum Gasteiger partial charge on any atom is -0.326 e. The molecular weight excluding hydrogens is 338 g/mol. The van der Waals surface area contributed by atoms with Crippen LogP contribution >= 0.6 is 0 Å². The lowest BCUT2D eigenvalue weighted by atomic mass is 9.90. The van der Waals surface area contributed by atoms with Crippen LogP contribution in [0.5, 0.6) is 0 Å². The summed E-state index contributed by atoms with van der Waals surface area (Å²) in [7, 11) is 0. The quantitative estimate of drug-likeness (QED) is 0.552. The summed E-state index contributed by atoms with van der Waals surface area (Å²) in [5, 5.41) is 9.60. The Kier molecular flexibility index (Phi) is 5.07. The Morgan fingerprint density at radius 1 is 1.15 bits per heavy atom. The smallest absolute Gasteiger partial charge is 0.241 e. The fraction of sp³-hybridized carbons (Fsp3) is 0.333. The number of amides is 1. The lowest BCUT2D eigenvalue weighted by Gasteiger charge is -2.28. The van der Waals surface area contributed by atoms with Gasteiger partial charge < -0.3 is 20.9 Å². The molecule has 4 rings (SSSR count). The number of benzene rings is 2. The third kappa shape index (κ3) is 4.11. The van der Waals surface area contributed by atoms with Crippen molar-refractivity contribution in [1.29, 1.82) is 0 Å². The third-order valence-electron chi connectivity index (χ3n) is 5.21. The Morgan fingerprint density at radius 2 is 1.93 bits per heavy atom. The number of hydrogen-bond donors (Lipinski definition) is 4. The molecule has 1 aliphatic heterocycles. The monoisotopic (exact) mass is 363 g/mol. The number of aromatic amines is 1. The highest BCUT2D eigenvalue weighted by Gasteiger charge is 2.25. The summed E-state index contributed by atoms with van der Waals surface area (Å²) in [6.45, 7) is 3.11. The number of H-pyrrole nitrogens is 1. The van der Waals surface area contributed by atoms with E-state index in [1.54, 1.807) is 0 Å². The second-order valence-corrected chi connectivity index (χ2v) is 7.10. The Hall–Kier alpha value is -2.86. The standard InChI is InChI=1S/C21H25N5O/c1-2-14-11-12-22-19(13-14)20(27)23-15-7-9-16(10-8-15)24-21-25-17-5-3-4-6-18(17)26-21/h3-10,14,19,22H,2,11-13H2,1H3,(H,23,27)(H2,24,25,26)/t14-,19+/m1/s1. The summed E-state index contributed by atoms with van der Waals surface area (Å²) in [5.41, 5.74) is 3.63. The zero-order chi connectivity index (χ0) is 18.6. The van der Waals surface area contributed by atoms with Crippen molar-refractivity contribution in [3.8, 4) is 0 Å². The molecule has 1 aromatic heterocycles. The number of imidazole rings is 1. The van der Waals surface area contributed by atoms with Crippen molar-refractivity contribution in [1.82, 2.24) is 15.3 Å². The molecule has 0 saturated carbocycles. The first-order valence-electron chi connectivity index (χ1n) is 9.57. The number of nitrogens with one attached hydrogen (secondary N) is 4. The molecule has 6 heteroatoms. The van der Waals surface area contributed by atoms with Crippen LogP contribution in [0, 0.1) is 5.92 Å². The van der Waals surface area contributed by atoms with Crippen molar-refractivity contribution in [3.05, 3.63) is 48.5 Å². The number of hydrogen-bond acceptors (Lipinski definition) is 4. The SMILES string of the molecule is CC[C@@H]1CCN[C@H](C(=O)Nc2ccc(Nc3nc4ccccc4[nH]3)cc2)C1. The summed E-state index contributed by atoms with van der Waals surface area (Å²) in [6.07, 6.45) is 3.20. The number of carbonyl (C=O) groups is 1. The number of carbonyl (C=O) groups excluding carboxylic acids is 1. The predicted octanol–water partition coefficient (Wildman–Crippen LogP) is 4.02. The summed E-state index contributed by atoms with van der Waals surface area (Å²) < 4.78 is 0. The summed E-state index contributed by atoms with van der Waals surface area (Å²) in [5.74, 6) is 1.38. The zero-order valence-corrected chi connectivity index (χ0v) is 15.5. The van der Waals surface area contributed by atoms with E-state index in [0.29, 0.717) is 11.9 Å².